The van der Waals surface area contributed by atoms with Crippen LogP contribution in [0.5, 0.6) is 5.75 Å². The Balaban J connectivity index is 2.24. The lowest BCUT2D eigenvalue weighted by Gasteiger charge is -1.98. The molecule has 0 fully saturated rings. The SMILES string of the molecule is Cc1ccc(/N=N/c2ccccc2)c(O)c1. The number of azo groups is 1. The van der Waals surface area contributed by atoms with E-state index in [-0.39, 0.29) is 5.75 Å². The molecule has 2 aromatic carbocycles. The van der Waals surface area contributed by atoms with Crippen molar-refractivity contribution in [1.29, 1.82) is 0 Å². The summed E-state index contributed by atoms with van der Waals surface area (Å²) >= 11 is 0. The van der Waals surface area contributed by atoms with Crippen LogP contribution in [-0.2, 0) is 0 Å². The molecule has 3 heteroatoms. The molecule has 80 valence electrons. The molecule has 0 bridgehead atoms. The van der Waals surface area contributed by atoms with E-state index in [0.29, 0.717) is 5.69 Å². The molecular weight excluding hydrogens is 200 g/mol. The number of rotatable bonds is 2. The minimum Gasteiger partial charge on any atom is -0.506 e. The van der Waals surface area contributed by atoms with Gasteiger partial charge in [0, 0.05) is 0 Å². The van der Waals surface area contributed by atoms with Crippen LogP contribution in [0.15, 0.2) is 58.8 Å². The number of phenolic OH excluding ortho intramolecular Hbond substituents is 1. The molecule has 0 aromatic heterocycles. The van der Waals surface area contributed by atoms with Crippen molar-refractivity contribution < 1.29 is 5.11 Å². The molecule has 0 atom stereocenters. The number of aromatic hydroxyl groups is 1. The van der Waals surface area contributed by atoms with E-state index in [1.54, 1.807) is 12.1 Å². The normalized spacial score (nSPS) is 10.8. The van der Waals surface area contributed by atoms with Gasteiger partial charge in [-0.25, -0.2) is 0 Å². The summed E-state index contributed by atoms with van der Waals surface area (Å²) in [5.41, 5.74) is 2.24. The van der Waals surface area contributed by atoms with Gasteiger partial charge in [-0.15, -0.1) is 5.11 Å². The monoisotopic (exact) mass is 212 g/mol. The van der Waals surface area contributed by atoms with Gasteiger partial charge in [-0.05, 0) is 36.8 Å². The minimum atomic E-state index is 0.152. The van der Waals surface area contributed by atoms with Crippen molar-refractivity contribution in [3.63, 3.8) is 0 Å². The van der Waals surface area contributed by atoms with Gasteiger partial charge >= 0.3 is 0 Å². The van der Waals surface area contributed by atoms with Gasteiger partial charge in [0.2, 0.25) is 0 Å². The van der Waals surface area contributed by atoms with Gasteiger partial charge in [-0.2, -0.15) is 5.11 Å². The van der Waals surface area contributed by atoms with Crippen molar-refractivity contribution in [2.75, 3.05) is 0 Å². The second-order valence-electron chi connectivity index (χ2n) is 3.53. The Bertz CT molecular complexity index is 507. The van der Waals surface area contributed by atoms with E-state index in [4.69, 9.17) is 0 Å². The molecule has 0 spiro atoms. The average Bonchev–Trinajstić information content (AvgIpc) is 2.29. The fourth-order valence-corrected chi connectivity index (χ4v) is 1.32. The van der Waals surface area contributed by atoms with Crippen molar-refractivity contribution in [2.24, 2.45) is 10.2 Å². The van der Waals surface area contributed by atoms with Gasteiger partial charge < -0.3 is 5.11 Å². The zero-order chi connectivity index (χ0) is 11.4. The van der Waals surface area contributed by atoms with Crippen molar-refractivity contribution in [3.8, 4) is 5.75 Å². The highest BCUT2D eigenvalue weighted by atomic mass is 16.3. The van der Waals surface area contributed by atoms with Crippen LogP contribution in [0.1, 0.15) is 5.56 Å². The molecule has 0 radical (unpaired) electrons. The van der Waals surface area contributed by atoms with Crippen LogP contribution in [0.2, 0.25) is 0 Å². The summed E-state index contributed by atoms with van der Waals surface area (Å²) in [7, 11) is 0. The molecule has 0 aliphatic heterocycles. The van der Waals surface area contributed by atoms with E-state index in [2.05, 4.69) is 10.2 Å². The smallest absolute Gasteiger partial charge is 0.143 e. The van der Waals surface area contributed by atoms with E-state index in [1.165, 1.54) is 0 Å². The number of nitrogens with zero attached hydrogens (tertiary/aromatic N) is 2. The summed E-state index contributed by atoms with van der Waals surface area (Å²) in [4.78, 5) is 0. The standard InChI is InChI=1S/C13H12N2O/c1-10-7-8-12(13(16)9-10)15-14-11-5-3-2-4-6-11/h2-9,16H,1H3/b15-14+. The zero-order valence-electron chi connectivity index (χ0n) is 8.96. The maximum Gasteiger partial charge on any atom is 0.143 e. The topological polar surface area (TPSA) is 45.0 Å². The Labute approximate surface area is 94.1 Å². The van der Waals surface area contributed by atoms with E-state index < -0.39 is 0 Å². The predicted octanol–water partition coefficient (Wildman–Crippen LogP) is 4.12. The first kappa shape index (κ1) is 10.4. The van der Waals surface area contributed by atoms with E-state index >= 15 is 0 Å². The van der Waals surface area contributed by atoms with Crippen molar-refractivity contribution in [3.05, 3.63) is 54.1 Å². The van der Waals surface area contributed by atoms with E-state index in [9.17, 15) is 5.11 Å². The lowest BCUT2D eigenvalue weighted by Crippen LogP contribution is -1.71. The zero-order valence-corrected chi connectivity index (χ0v) is 8.96. The third-order valence-corrected chi connectivity index (χ3v) is 2.16. The molecular formula is C13H12N2O. The molecule has 0 saturated heterocycles. The second kappa shape index (κ2) is 4.57. The van der Waals surface area contributed by atoms with Crippen LogP contribution in [0.4, 0.5) is 11.4 Å². The van der Waals surface area contributed by atoms with Gasteiger partial charge in [0.05, 0.1) is 5.69 Å². The van der Waals surface area contributed by atoms with Crippen LogP contribution in [-0.4, -0.2) is 5.11 Å². The molecule has 16 heavy (non-hydrogen) atoms. The molecule has 2 aromatic rings. The van der Waals surface area contributed by atoms with Gasteiger partial charge in [0.15, 0.2) is 0 Å². The summed E-state index contributed by atoms with van der Waals surface area (Å²) in [5.74, 6) is 0.152. The maximum absolute atomic E-state index is 9.62. The van der Waals surface area contributed by atoms with Crippen LogP contribution in [0.3, 0.4) is 0 Å². The number of phenols is 1. The first-order valence-corrected chi connectivity index (χ1v) is 5.02. The fraction of sp³-hybridized carbons (Fsp3) is 0.0769. The van der Waals surface area contributed by atoms with E-state index in [0.717, 1.165) is 11.3 Å². The molecule has 0 amide bonds. The minimum absolute atomic E-state index is 0.152. The van der Waals surface area contributed by atoms with Crippen molar-refractivity contribution in [2.45, 2.75) is 6.92 Å². The van der Waals surface area contributed by atoms with E-state index in [1.807, 2.05) is 43.3 Å². The molecule has 0 unspecified atom stereocenters. The predicted molar refractivity (Wildman–Crippen MR) is 63.5 cm³/mol. The molecule has 1 N–H and O–H groups in total. The number of hydrogen-bond acceptors (Lipinski definition) is 3. The summed E-state index contributed by atoms with van der Waals surface area (Å²) in [5, 5.41) is 17.6. The highest BCUT2D eigenvalue weighted by Crippen LogP contribution is 2.28. The van der Waals surface area contributed by atoms with Gasteiger partial charge in [0.25, 0.3) is 0 Å². The lowest BCUT2D eigenvalue weighted by molar-refractivity contribution is 0.476. The summed E-state index contributed by atoms with van der Waals surface area (Å²) < 4.78 is 0. The quantitative estimate of drug-likeness (QED) is 0.748. The summed E-state index contributed by atoms with van der Waals surface area (Å²) in [6.45, 7) is 1.91. The Morgan fingerprint density at radius 3 is 2.38 bits per heavy atom. The average molecular weight is 212 g/mol. The molecule has 0 aliphatic carbocycles. The first-order valence-electron chi connectivity index (χ1n) is 5.02. The molecule has 0 saturated carbocycles. The third kappa shape index (κ3) is 2.45. The highest BCUT2D eigenvalue weighted by Gasteiger charge is 1.98. The van der Waals surface area contributed by atoms with Crippen LogP contribution >= 0.6 is 0 Å². The summed E-state index contributed by atoms with van der Waals surface area (Å²) in [6.07, 6.45) is 0. The Kier molecular flexibility index (Phi) is 2.96. The van der Waals surface area contributed by atoms with Crippen LogP contribution in [0.25, 0.3) is 0 Å². The maximum atomic E-state index is 9.62. The van der Waals surface area contributed by atoms with Gasteiger partial charge in [-0.3, -0.25) is 0 Å². The van der Waals surface area contributed by atoms with Crippen LogP contribution < -0.4 is 0 Å². The summed E-state index contributed by atoms with van der Waals surface area (Å²) in [6, 6.07) is 14.7. The molecule has 2 rings (SSSR count). The Hall–Kier alpha value is -2.16. The van der Waals surface area contributed by atoms with Crippen molar-refractivity contribution >= 4 is 11.4 Å². The largest absolute Gasteiger partial charge is 0.506 e. The Morgan fingerprint density at radius 1 is 0.938 bits per heavy atom. The molecule has 3 nitrogen and oxygen atoms in total. The molecule has 0 aliphatic rings. The molecule has 0 heterocycles. The third-order valence-electron chi connectivity index (χ3n) is 2.16. The second-order valence-corrected chi connectivity index (χ2v) is 3.53. The number of hydrogen-bond donors (Lipinski definition) is 1. The first-order chi connectivity index (χ1) is 7.75. The number of benzene rings is 2. The van der Waals surface area contributed by atoms with Crippen LogP contribution in [0, 0.1) is 6.92 Å². The fourth-order valence-electron chi connectivity index (χ4n) is 1.32. The van der Waals surface area contributed by atoms with Crippen molar-refractivity contribution in [1.82, 2.24) is 0 Å². The Morgan fingerprint density at radius 2 is 1.69 bits per heavy atom. The number of aryl methyl sites for hydroxylation is 1. The van der Waals surface area contributed by atoms with Gasteiger partial charge in [0.1, 0.15) is 11.4 Å². The highest BCUT2D eigenvalue weighted by molar-refractivity contribution is 5.52. The van der Waals surface area contributed by atoms with Gasteiger partial charge in [-0.1, -0.05) is 24.3 Å². The lowest BCUT2D eigenvalue weighted by atomic mass is 10.2.